The lowest BCUT2D eigenvalue weighted by atomic mass is 9.89. The number of fused-ring (bicyclic) bond motifs is 1. The van der Waals surface area contributed by atoms with E-state index in [1.807, 2.05) is 6.92 Å². The zero-order valence-corrected chi connectivity index (χ0v) is 14.5. The van der Waals surface area contributed by atoms with Crippen molar-refractivity contribution in [3.8, 4) is 5.75 Å². The van der Waals surface area contributed by atoms with Crippen molar-refractivity contribution < 1.29 is 4.74 Å². The molecule has 0 saturated heterocycles. The fraction of sp³-hybridized carbons (Fsp3) is 0.667. The molecule has 0 radical (unpaired) electrons. The molecule has 0 aromatic heterocycles. The van der Waals surface area contributed by atoms with Gasteiger partial charge in [-0.3, -0.25) is 0 Å². The molecule has 2 nitrogen and oxygen atoms in total. The Balaban J connectivity index is 2.09. The van der Waals surface area contributed by atoms with Gasteiger partial charge < -0.3 is 10.1 Å². The highest BCUT2D eigenvalue weighted by Gasteiger charge is 2.33. The first-order valence-corrected chi connectivity index (χ1v) is 8.53. The lowest BCUT2D eigenvalue weighted by Crippen LogP contribution is -2.39. The molecule has 0 spiro atoms. The number of halogens is 1. The van der Waals surface area contributed by atoms with Gasteiger partial charge in [-0.2, -0.15) is 0 Å². The van der Waals surface area contributed by atoms with E-state index in [4.69, 9.17) is 16.3 Å². The third kappa shape index (κ3) is 4.37. The summed E-state index contributed by atoms with van der Waals surface area (Å²) in [5.74, 6) is 0.985. The van der Waals surface area contributed by atoms with Crippen molar-refractivity contribution in [2.75, 3.05) is 6.54 Å². The molecule has 118 valence electrons. The number of hydrogen-bond donors (Lipinski definition) is 1. The number of unbranched alkanes of at least 4 members (excludes halogenated alkanes) is 3. The number of aryl methyl sites for hydroxylation is 1. The standard InChI is InChI=1S/C18H28ClNO/c1-5-6-7-8-9-20-16-12-18(3,4)21-17-10-13(2)15(19)11-14(16)17/h10-11,16,20H,5-9,12H2,1-4H3. The molecule has 0 aliphatic carbocycles. The van der Waals surface area contributed by atoms with Gasteiger partial charge in [-0.1, -0.05) is 37.8 Å². The summed E-state index contributed by atoms with van der Waals surface area (Å²) in [6.07, 6.45) is 6.12. The summed E-state index contributed by atoms with van der Waals surface area (Å²) in [6.45, 7) is 9.65. The van der Waals surface area contributed by atoms with Crippen molar-refractivity contribution >= 4 is 11.6 Å². The Hall–Kier alpha value is -0.730. The van der Waals surface area contributed by atoms with Gasteiger partial charge in [-0.25, -0.2) is 0 Å². The Bertz CT molecular complexity index is 484. The monoisotopic (exact) mass is 309 g/mol. The van der Waals surface area contributed by atoms with Gasteiger partial charge >= 0.3 is 0 Å². The van der Waals surface area contributed by atoms with Crippen LogP contribution in [-0.2, 0) is 0 Å². The highest BCUT2D eigenvalue weighted by atomic mass is 35.5. The molecule has 0 fully saturated rings. The zero-order valence-electron chi connectivity index (χ0n) is 13.8. The van der Waals surface area contributed by atoms with E-state index in [1.165, 1.54) is 31.2 Å². The Morgan fingerprint density at radius 3 is 2.76 bits per heavy atom. The van der Waals surface area contributed by atoms with Crippen LogP contribution in [0, 0.1) is 6.92 Å². The van der Waals surface area contributed by atoms with Crippen LogP contribution in [0.2, 0.25) is 5.02 Å². The van der Waals surface area contributed by atoms with E-state index < -0.39 is 0 Å². The summed E-state index contributed by atoms with van der Waals surface area (Å²) < 4.78 is 6.13. The molecule has 2 rings (SSSR count). The molecule has 1 heterocycles. The third-order valence-corrected chi connectivity index (χ3v) is 4.58. The lowest BCUT2D eigenvalue weighted by Gasteiger charge is -2.38. The summed E-state index contributed by atoms with van der Waals surface area (Å²) in [6, 6.07) is 4.48. The first-order chi connectivity index (χ1) is 9.93. The van der Waals surface area contributed by atoms with Gasteiger partial charge in [0.2, 0.25) is 0 Å². The van der Waals surface area contributed by atoms with E-state index in [0.29, 0.717) is 6.04 Å². The Morgan fingerprint density at radius 1 is 1.29 bits per heavy atom. The Morgan fingerprint density at radius 2 is 2.05 bits per heavy atom. The van der Waals surface area contributed by atoms with Crippen molar-refractivity contribution in [1.29, 1.82) is 0 Å². The second kappa shape index (κ2) is 7.02. The molecular weight excluding hydrogens is 282 g/mol. The number of hydrogen-bond acceptors (Lipinski definition) is 2. The van der Waals surface area contributed by atoms with Gasteiger partial charge in [0.25, 0.3) is 0 Å². The fourth-order valence-corrected chi connectivity index (χ4v) is 3.15. The maximum absolute atomic E-state index is 6.30. The van der Waals surface area contributed by atoms with E-state index in [9.17, 15) is 0 Å². The number of benzene rings is 1. The number of ether oxygens (including phenoxy) is 1. The van der Waals surface area contributed by atoms with Crippen molar-refractivity contribution in [1.82, 2.24) is 5.32 Å². The third-order valence-electron chi connectivity index (χ3n) is 4.17. The SMILES string of the molecule is CCCCCCNC1CC(C)(C)Oc2cc(C)c(Cl)cc21. The fourth-order valence-electron chi connectivity index (χ4n) is 2.98. The second-order valence-electron chi connectivity index (χ2n) is 6.77. The predicted octanol–water partition coefficient (Wildman–Crippen LogP) is 5.42. The largest absolute Gasteiger partial charge is 0.487 e. The van der Waals surface area contributed by atoms with Crippen LogP contribution in [0.15, 0.2) is 12.1 Å². The van der Waals surface area contributed by atoms with Crippen molar-refractivity contribution in [3.63, 3.8) is 0 Å². The number of nitrogens with one attached hydrogen (secondary N) is 1. The van der Waals surface area contributed by atoms with Crippen LogP contribution >= 0.6 is 11.6 Å². The summed E-state index contributed by atoms with van der Waals surface area (Å²) >= 11 is 6.30. The summed E-state index contributed by atoms with van der Waals surface area (Å²) in [7, 11) is 0. The van der Waals surface area contributed by atoms with Crippen molar-refractivity contribution in [2.24, 2.45) is 0 Å². The molecule has 1 aliphatic heterocycles. The summed E-state index contributed by atoms with van der Waals surface area (Å²) in [5, 5.41) is 4.53. The Labute approximate surface area is 134 Å². The van der Waals surface area contributed by atoms with Crippen molar-refractivity contribution in [3.05, 3.63) is 28.3 Å². The van der Waals surface area contributed by atoms with E-state index in [-0.39, 0.29) is 5.60 Å². The first kappa shape index (κ1) is 16.6. The quantitative estimate of drug-likeness (QED) is 0.708. The van der Waals surface area contributed by atoms with E-state index in [2.05, 4.69) is 38.2 Å². The van der Waals surface area contributed by atoms with Crippen LogP contribution < -0.4 is 10.1 Å². The molecule has 1 unspecified atom stereocenters. The summed E-state index contributed by atoms with van der Waals surface area (Å²) in [5.41, 5.74) is 2.16. The van der Waals surface area contributed by atoms with Crippen LogP contribution in [0.3, 0.4) is 0 Å². The topological polar surface area (TPSA) is 21.3 Å². The van der Waals surface area contributed by atoms with Gasteiger partial charge in [-0.05, 0) is 51.4 Å². The lowest BCUT2D eigenvalue weighted by molar-refractivity contribution is 0.0660. The molecule has 0 bridgehead atoms. The van der Waals surface area contributed by atoms with Crippen LogP contribution in [0.4, 0.5) is 0 Å². The van der Waals surface area contributed by atoms with Crippen LogP contribution in [0.5, 0.6) is 5.75 Å². The Kier molecular flexibility index (Phi) is 5.56. The molecule has 1 aliphatic rings. The van der Waals surface area contributed by atoms with Gasteiger partial charge in [0.1, 0.15) is 11.4 Å². The highest BCUT2D eigenvalue weighted by molar-refractivity contribution is 6.31. The molecular formula is C18H28ClNO. The van der Waals surface area contributed by atoms with Crippen molar-refractivity contribution in [2.45, 2.75) is 71.4 Å². The van der Waals surface area contributed by atoms with Crippen LogP contribution in [0.25, 0.3) is 0 Å². The zero-order chi connectivity index (χ0) is 15.5. The normalized spacial score (nSPS) is 20.0. The molecule has 0 saturated carbocycles. The maximum Gasteiger partial charge on any atom is 0.125 e. The molecule has 3 heteroatoms. The van der Waals surface area contributed by atoms with E-state index >= 15 is 0 Å². The van der Waals surface area contributed by atoms with Gasteiger partial charge in [-0.15, -0.1) is 0 Å². The van der Waals surface area contributed by atoms with Gasteiger partial charge in [0.15, 0.2) is 0 Å². The highest BCUT2D eigenvalue weighted by Crippen LogP contribution is 2.41. The van der Waals surface area contributed by atoms with E-state index in [1.54, 1.807) is 0 Å². The maximum atomic E-state index is 6.30. The average Bonchev–Trinajstić information content (AvgIpc) is 2.40. The van der Waals surface area contributed by atoms with Gasteiger partial charge in [0, 0.05) is 23.0 Å². The second-order valence-corrected chi connectivity index (χ2v) is 7.18. The smallest absolute Gasteiger partial charge is 0.125 e. The molecule has 0 amide bonds. The van der Waals surface area contributed by atoms with Crippen LogP contribution in [-0.4, -0.2) is 12.1 Å². The molecule has 21 heavy (non-hydrogen) atoms. The van der Waals surface area contributed by atoms with E-state index in [0.717, 1.165) is 29.3 Å². The van der Waals surface area contributed by atoms with Crippen LogP contribution in [0.1, 0.15) is 70.0 Å². The minimum atomic E-state index is -0.131. The summed E-state index contributed by atoms with van der Waals surface area (Å²) in [4.78, 5) is 0. The van der Waals surface area contributed by atoms with Gasteiger partial charge in [0.05, 0.1) is 0 Å². The average molecular weight is 310 g/mol. The number of rotatable bonds is 6. The molecule has 1 aromatic rings. The first-order valence-electron chi connectivity index (χ1n) is 8.15. The minimum Gasteiger partial charge on any atom is -0.487 e. The minimum absolute atomic E-state index is 0.131. The molecule has 1 atom stereocenters. The molecule has 1 aromatic carbocycles. The molecule has 1 N–H and O–H groups in total. The predicted molar refractivity (Wildman–Crippen MR) is 90.4 cm³/mol.